The highest BCUT2D eigenvalue weighted by Gasteiger charge is 2.51. The smallest absolute Gasteiger partial charge is 0.376 e. The van der Waals surface area contributed by atoms with Gasteiger partial charge in [0.2, 0.25) is 0 Å². The molecule has 0 radical (unpaired) electrons. The number of aliphatic hydroxyl groups is 1. The fourth-order valence-corrected chi connectivity index (χ4v) is 5.86. The lowest BCUT2D eigenvalue weighted by Crippen LogP contribution is -2.48. The average Bonchev–Trinajstić information content (AvgIpc) is 3.29. The second-order valence-electron chi connectivity index (χ2n) is 7.36. The van der Waals surface area contributed by atoms with Crippen LogP contribution in [-0.4, -0.2) is 63.9 Å². The molecule has 0 bridgehead atoms. The largest absolute Gasteiger partial charge is 0.421 e. The molecule has 1 aromatic heterocycles. The Labute approximate surface area is 189 Å². The van der Waals surface area contributed by atoms with Gasteiger partial charge in [-0.3, -0.25) is 0 Å². The molecule has 0 spiro atoms. The third-order valence-electron chi connectivity index (χ3n) is 5.22. The fraction of sp³-hybridized carbons (Fsp3) is 0.429. The average molecular weight is 489 g/mol. The van der Waals surface area contributed by atoms with Crippen molar-refractivity contribution in [2.45, 2.75) is 22.9 Å². The lowest BCUT2D eigenvalue weighted by atomic mass is 9.93. The normalized spacial score (nSPS) is 17.5. The molecule has 1 unspecified atom stereocenters. The number of thiophene rings is 1. The van der Waals surface area contributed by atoms with Gasteiger partial charge in [0, 0.05) is 38.9 Å². The van der Waals surface area contributed by atoms with Gasteiger partial charge in [0.1, 0.15) is 10.8 Å². The van der Waals surface area contributed by atoms with E-state index in [1.165, 1.54) is 29.6 Å². The number of alkyl halides is 3. The van der Waals surface area contributed by atoms with Crippen LogP contribution in [0.4, 0.5) is 18.9 Å². The van der Waals surface area contributed by atoms with Crippen LogP contribution in [0.15, 0.2) is 39.9 Å². The molecule has 3 rings (SSSR count). The first-order chi connectivity index (χ1) is 15.0. The summed E-state index contributed by atoms with van der Waals surface area (Å²) in [5.74, 6) is 5.55. The van der Waals surface area contributed by atoms with Gasteiger partial charge in [-0.1, -0.05) is 24.0 Å². The Bertz CT molecular complexity index is 1100. The van der Waals surface area contributed by atoms with Crippen molar-refractivity contribution in [2.75, 3.05) is 44.8 Å². The first-order valence-corrected chi connectivity index (χ1v) is 12.0. The Morgan fingerprint density at radius 3 is 2.44 bits per heavy atom. The summed E-state index contributed by atoms with van der Waals surface area (Å²) in [6, 6.07) is 7.16. The third-order valence-corrected chi connectivity index (χ3v) is 8.49. The predicted molar refractivity (Wildman–Crippen MR) is 116 cm³/mol. The van der Waals surface area contributed by atoms with Crippen molar-refractivity contribution < 1.29 is 31.4 Å². The maximum atomic E-state index is 13.3. The van der Waals surface area contributed by atoms with Gasteiger partial charge in [-0.2, -0.15) is 17.5 Å². The molecule has 11 heteroatoms. The number of sulfonamides is 1. The summed E-state index contributed by atoms with van der Waals surface area (Å²) in [6.07, 6.45) is -4.85. The highest BCUT2D eigenvalue weighted by molar-refractivity contribution is 7.91. The highest BCUT2D eigenvalue weighted by Crippen LogP contribution is 2.40. The number of nitrogens with zero attached hydrogens (tertiary/aromatic N) is 2. The van der Waals surface area contributed by atoms with Crippen molar-refractivity contribution in [1.29, 1.82) is 0 Å². The Morgan fingerprint density at radius 2 is 1.88 bits per heavy atom. The number of halogens is 3. The molecule has 32 heavy (non-hydrogen) atoms. The van der Waals surface area contributed by atoms with Crippen LogP contribution in [-0.2, 0) is 20.4 Å². The zero-order valence-electron chi connectivity index (χ0n) is 17.5. The summed E-state index contributed by atoms with van der Waals surface area (Å²) in [4.78, 5) is 1.88. The van der Waals surface area contributed by atoms with E-state index in [0.717, 1.165) is 11.3 Å². The first-order valence-electron chi connectivity index (χ1n) is 9.68. The van der Waals surface area contributed by atoms with Crippen LogP contribution < -0.4 is 4.90 Å². The minimum Gasteiger partial charge on any atom is -0.376 e. The molecule has 1 saturated heterocycles. The maximum absolute atomic E-state index is 13.3. The van der Waals surface area contributed by atoms with E-state index in [1.54, 1.807) is 17.5 Å². The van der Waals surface area contributed by atoms with Gasteiger partial charge in [0.25, 0.3) is 10.0 Å². The SMILES string of the molecule is COCC#Cc1cc(C(C)(O)C(F)(F)F)ccc1N1CCN(S(=O)(=O)c2cccs2)CC1. The summed E-state index contributed by atoms with van der Waals surface area (Å²) in [7, 11) is -2.12. The van der Waals surface area contributed by atoms with E-state index >= 15 is 0 Å². The van der Waals surface area contributed by atoms with Gasteiger partial charge in [-0.15, -0.1) is 11.3 Å². The van der Waals surface area contributed by atoms with Gasteiger partial charge in [0.05, 0.1) is 5.69 Å². The number of anilines is 1. The quantitative estimate of drug-likeness (QED) is 0.656. The number of benzene rings is 1. The molecular formula is C21H23F3N2O4S2. The molecular weight excluding hydrogens is 465 g/mol. The molecule has 0 saturated carbocycles. The maximum Gasteiger partial charge on any atom is 0.421 e. The van der Waals surface area contributed by atoms with E-state index in [4.69, 9.17) is 4.74 Å². The van der Waals surface area contributed by atoms with Crippen molar-refractivity contribution in [3.63, 3.8) is 0 Å². The summed E-state index contributed by atoms with van der Waals surface area (Å²) in [5.41, 5.74) is -2.48. The molecule has 1 atom stereocenters. The van der Waals surface area contributed by atoms with Crippen molar-refractivity contribution in [3.8, 4) is 11.8 Å². The Hall–Kier alpha value is -2.10. The van der Waals surface area contributed by atoms with Gasteiger partial charge in [-0.25, -0.2) is 8.42 Å². The summed E-state index contributed by atoms with van der Waals surface area (Å²) in [6.45, 7) is 1.94. The van der Waals surface area contributed by atoms with Crippen LogP contribution in [0.1, 0.15) is 18.1 Å². The minimum atomic E-state index is -4.85. The summed E-state index contributed by atoms with van der Waals surface area (Å²) in [5, 5.41) is 11.8. The van der Waals surface area contributed by atoms with Crippen LogP contribution >= 0.6 is 11.3 Å². The Morgan fingerprint density at radius 1 is 1.19 bits per heavy atom. The molecule has 1 aliphatic heterocycles. The molecule has 0 amide bonds. The van der Waals surface area contributed by atoms with E-state index in [2.05, 4.69) is 11.8 Å². The molecule has 1 N–H and O–H groups in total. The van der Waals surface area contributed by atoms with Crippen LogP contribution in [0.5, 0.6) is 0 Å². The first kappa shape index (κ1) is 24.5. The standard InChI is InChI=1S/C21H23F3N2O4S2/c1-20(27,21(22,23)24)17-7-8-18(16(15-17)5-3-13-30-2)25-9-11-26(12-10-25)32(28,29)19-6-4-14-31-19/h4,6-8,14-15,27H,9-13H2,1-2H3. The van der Waals surface area contributed by atoms with Crippen molar-refractivity contribution in [1.82, 2.24) is 4.31 Å². The molecule has 174 valence electrons. The van der Waals surface area contributed by atoms with Gasteiger partial charge < -0.3 is 14.7 Å². The van der Waals surface area contributed by atoms with Gasteiger partial charge in [0.15, 0.2) is 5.60 Å². The topological polar surface area (TPSA) is 70.1 Å². The number of methoxy groups -OCH3 is 1. The number of hydrogen-bond donors (Lipinski definition) is 1. The van der Waals surface area contributed by atoms with Gasteiger partial charge >= 0.3 is 6.18 Å². The zero-order valence-corrected chi connectivity index (χ0v) is 19.1. The van der Waals surface area contributed by atoms with Crippen molar-refractivity contribution >= 4 is 27.0 Å². The summed E-state index contributed by atoms with van der Waals surface area (Å²) >= 11 is 1.15. The van der Waals surface area contributed by atoms with E-state index in [0.29, 0.717) is 31.3 Å². The second kappa shape index (κ2) is 9.41. The van der Waals surface area contributed by atoms with Crippen LogP contribution in [0.2, 0.25) is 0 Å². The molecule has 2 heterocycles. The zero-order chi connectivity index (χ0) is 23.6. The minimum absolute atomic E-state index is 0.0895. The predicted octanol–water partition coefficient (Wildman–Crippen LogP) is 3.03. The van der Waals surface area contributed by atoms with Crippen molar-refractivity contribution in [2.24, 2.45) is 0 Å². The number of piperazine rings is 1. The van der Waals surface area contributed by atoms with Crippen LogP contribution in [0.25, 0.3) is 0 Å². The molecule has 6 nitrogen and oxygen atoms in total. The Kier molecular flexibility index (Phi) is 7.21. The molecule has 0 aliphatic carbocycles. The monoisotopic (exact) mass is 488 g/mol. The van der Waals surface area contributed by atoms with E-state index in [9.17, 15) is 26.7 Å². The fourth-order valence-electron chi connectivity index (χ4n) is 3.29. The lowest BCUT2D eigenvalue weighted by Gasteiger charge is -2.36. The third kappa shape index (κ3) is 4.94. The molecule has 2 aromatic rings. The number of hydrogen-bond acceptors (Lipinski definition) is 6. The number of ether oxygens (including phenoxy) is 1. The molecule has 1 aromatic carbocycles. The second-order valence-corrected chi connectivity index (χ2v) is 10.5. The Balaban J connectivity index is 1.87. The van der Waals surface area contributed by atoms with Crippen molar-refractivity contribution in [3.05, 3.63) is 46.8 Å². The number of rotatable bonds is 5. The lowest BCUT2D eigenvalue weighted by molar-refractivity contribution is -0.258. The summed E-state index contributed by atoms with van der Waals surface area (Å²) < 4.78 is 71.9. The van der Waals surface area contributed by atoms with E-state index in [1.807, 2.05) is 4.90 Å². The van der Waals surface area contributed by atoms with Crippen LogP contribution in [0.3, 0.4) is 0 Å². The van der Waals surface area contributed by atoms with Crippen LogP contribution in [0, 0.1) is 11.8 Å². The molecule has 1 fully saturated rings. The molecule has 1 aliphatic rings. The van der Waals surface area contributed by atoms with Gasteiger partial charge in [-0.05, 0) is 36.1 Å². The highest BCUT2D eigenvalue weighted by atomic mass is 32.2. The van der Waals surface area contributed by atoms with E-state index in [-0.39, 0.29) is 29.5 Å². The van der Waals surface area contributed by atoms with E-state index < -0.39 is 21.8 Å².